The maximum Gasteiger partial charge on any atom is 0.224 e. The van der Waals surface area contributed by atoms with Gasteiger partial charge < -0.3 is 21.3 Å². The van der Waals surface area contributed by atoms with Crippen LogP contribution in [0.2, 0.25) is 0 Å². The van der Waals surface area contributed by atoms with E-state index in [4.69, 9.17) is 0 Å². The molecule has 4 N–H and O–H groups in total. The van der Waals surface area contributed by atoms with Crippen LogP contribution in [0, 0.1) is 0 Å². The Hall–Kier alpha value is -5.24. The normalized spacial score (nSPS) is 10.7. The van der Waals surface area contributed by atoms with Gasteiger partial charge in [-0.25, -0.2) is 9.13 Å². The molecule has 0 unspecified atom stereocenters. The van der Waals surface area contributed by atoms with Gasteiger partial charge in [0.2, 0.25) is 17.3 Å². The number of pyridine rings is 2. The van der Waals surface area contributed by atoms with E-state index in [-0.39, 0.29) is 24.7 Å². The van der Waals surface area contributed by atoms with Crippen molar-refractivity contribution in [1.29, 1.82) is 0 Å². The Morgan fingerprint density at radius 3 is 1.71 bits per heavy atom. The van der Waals surface area contributed by atoms with Gasteiger partial charge in [-0.15, -0.1) is 0 Å². The minimum Gasteiger partial charge on any atom is -0.355 e. The van der Waals surface area contributed by atoms with Gasteiger partial charge in [-0.1, -0.05) is 12.1 Å². The Morgan fingerprint density at radius 1 is 0.585 bits per heavy atom. The Balaban J connectivity index is 1.05. The van der Waals surface area contributed by atoms with Crippen LogP contribution >= 0.6 is 0 Å². The summed E-state index contributed by atoms with van der Waals surface area (Å²) in [5.74, 6) is -0.239. The highest BCUT2D eigenvalue weighted by atomic mass is 16.2. The molecule has 0 saturated heterocycles. The van der Waals surface area contributed by atoms with Gasteiger partial charge in [0.05, 0.1) is 16.8 Å². The second kappa shape index (κ2) is 12.7. The molecular formula is C33H34N6O2+2. The predicted octanol–water partition coefficient (Wildman–Crippen LogP) is 5.72. The van der Waals surface area contributed by atoms with Crippen LogP contribution in [0.3, 0.4) is 0 Å². The molecule has 8 heteroatoms. The Kier molecular flexibility index (Phi) is 8.49. The summed E-state index contributed by atoms with van der Waals surface area (Å²) < 4.78 is 4.06. The Labute approximate surface area is 239 Å². The van der Waals surface area contributed by atoms with E-state index in [0.717, 1.165) is 39.3 Å². The van der Waals surface area contributed by atoms with Crippen LogP contribution in [0.5, 0.6) is 0 Å². The molecule has 0 aliphatic rings. The van der Waals surface area contributed by atoms with Gasteiger partial charge in [-0.3, -0.25) is 9.59 Å². The first kappa shape index (κ1) is 27.3. The lowest BCUT2D eigenvalue weighted by Gasteiger charge is -2.10. The standard InChI is InChI=1S/C33H32N6O2/c1-38-21-18-28(19-22-38)34-24-10-14-26(15-11-24)36-32(40)8-5-9-33(41)37-27-16-12-25(13-17-27)35-30-20-23-39(2)31-7-4-3-6-29(30)31/h3-4,6-7,10-23H,5,8-9H2,1-2H3,(H2,36,37,40,41)/p+2. The van der Waals surface area contributed by atoms with E-state index in [9.17, 15) is 9.59 Å². The highest BCUT2D eigenvalue weighted by Gasteiger charge is 2.10. The van der Waals surface area contributed by atoms with Gasteiger partial charge in [-0.2, -0.15) is 0 Å². The number of aromatic nitrogens is 2. The summed E-state index contributed by atoms with van der Waals surface area (Å²) in [7, 11) is 4.00. The lowest BCUT2D eigenvalue weighted by Crippen LogP contribution is -2.28. The van der Waals surface area contributed by atoms with Crippen molar-refractivity contribution in [3.8, 4) is 0 Å². The number of amides is 2. The molecule has 5 aromatic rings. The Morgan fingerprint density at radius 2 is 1.10 bits per heavy atom. The maximum absolute atomic E-state index is 12.4. The van der Waals surface area contributed by atoms with Crippen molar-refractivity contribution in [2.45, 2.75) is 19.3 Å². The summed E-state index contributed by atoms with van der Waals surface area (Å²) in [5, 5.41) is 13.7. The third-order valence-corrected chi connectivity index (χ3v) is 6.73. The molecule has 2 heterocycles. The van der Waals surface area contributed by atoms with E-state index >= 15 is 0 Å². The van der Waals surface area contributed by atoms with Gasteiger partial charge in [0, 0.05) is 59.9 Å². The first-order chi connectivity index (χ1) is 19.9. The van der Waals surface area contributed by atoms with E-state index in [2.05, 4.69) is 38.0 Å². The van der Waals surface area contributed by atoms with E-state index in [1.54, 1.807) is 0 Å². The number of hydrogen-bond acceptors (Lipinski definition) is 4. The number of benzene rings is 3. The number of anilines is 6. The molecule has 0 aliphatic heterocycles. The quantitative estimate of drug-likeness (QED) is 0.169. The lowest BCUT2D eigenvalue weighted by atomic mass is 10.1. The molecule has 0 bridgehead atoms. The predicted molar refractivity (Wildman–Crippen MR) is 163 cm³/mol. The number of carbonyl (C=O) groups excluding carboxylic acids is 2. The van der Waals surface area contributed by atoms with Gasteiger partial charge in [-0.05, 0) is 61.0 Å². The molecule has 41 heavy (non-hydrogen) atoms. The van der Waals surface area contributed by atoms with E-state index in [1.807, 2.05) is 116 Å². The summed E-state index contributed by atoms with van der Waals surface area (Å²) in [6.45, 7) is 0. The van der Waals surface area contributed by atoms with E-state index in [0.29, 0.717) is 12.1 Å². The molecule has 3 aromatic carbocycles. The van der Waals surface area contributed by atoms with Crippen LogP contribution in [0.15, 0.2) is 110 Å². The zero-order chi connectivity index (χ0) is 28.6. The van der Waals surface area contributed by atoms with Crippen molar-refractivity contribution >= 4 is 56.8 Å². The summed E-state index contributed by atoms with van der Waals surface area (Å²) in [6, 6.07) is 29.4. The smallest absolute Gasteiger partial charge is 0.224 e. The van der Waals surface area contributed by atoms with Crippen molar-refractivity contribution in [2.24, 2.45) is 14.1 Å². The molecule has 0 aliphatic carbocycles. The molecule has 2 amide bonds. The van der Waals surface area contributed by atoms with Crippen molar-refractivity contribution in [3.05, 3.63) is 110 Å². The fraction of sp³-hybridized carbons (Fsp3) is 0.152. The first-order valence-corrected chi connectivity index (χ1v) is 13.6. The zero-order valence-corrected chi connectivity index (χ0v) is 23.2. The van der Waals surface area contributed by atoms with Crippen molar-refractivity contribution in [3.63, 3.8) is 0 Å². The molecule has 0 radical (unpaired) electrons. The van der Waals surface area contributed by atoms with Crippen LogP contribution in [-0.4, -0.2) is 11.8 Å². The summed E-state index contributed by atoms with van der Waals surface area (Å²) in [5.41, 5.74) is 6.43. The SMILES string of the molecule is C[n+]1ccc(Nc2ccc(NC(=O)CCCC(=O)Nc3ccc(Nc4cc[n+](C)c5ccccc45)cc3)cc2)cc1. The van der Waals surface area contributed by atoms with Crippen LogP contribution < -0.4 is 30.4 Å². The summed E-state index contributed by atoms with van der Waals surface area (Å²) in [6.07, 6.45) is 6.95. The van der Waals surface area contributed by atoms with Crippen molar-refractivity contribution < 1.29 is 18.7 Å². The summed E-state index contributed by atoms with van der Waals surface area (Å²) in [4.78, 5) is 24.8. The topological polar surface area (TPSA) is 90.0 Å². The number of aryl methyl sites for hydroxylation is 2. The second-order valence-corrected chi connectivity index (χ2v) is 9.96. The summed E-state index contributed by atoms with van der Waals surface area (Å²) >= 11 is 0. The third kappa shape index (κ3) is 7.45. The molecule has 0 spiro atoms. The maximum atomic E-state index is 12.4. The highest BCUT2D eigenvalue weighted by molar-refractivity contribution is 5.94. The molecule has 206 valence electrons. The fourth-order valence-corrected chi connectivity index (χ4v) is 4.51. The molecule has 0 saturated carbocycles. The van der Waals surface area contributed by atoms with Gasteiger partial charge in [0.25, 0.3) is 0 Å². The first-order valence-electron chi connectivity index (χ1n) is 13.6. The average molecular weight is 547 g/mol. The molecular weight excluding hydrogens is 512 g/mol. The van der Waals surface area contributed by atoms with Crippen LogP contribution in [0.4, 0.5) is 34.1 Å². The second-order valence-electron chi connectivity index (χ2n) is 9.96. The minimum absolute atomic E-state index is 0.119. The zero-order valence-electron chi connectivity index (χ0n) is 23.2. The minimum atomic E-state index is -0.120. The van der Waals surface area contributed by atoms with Gasteiger partial charge >= 0.3 is 0 Å². The monoisotopic (exact) mass is 546 g/mol. The molecule has 2 aromatic heterocycles. The fourth-order valence-electron chi connectivity index (χ4n) is 4.51. The Bertz CT molecular complexity index is 1650. The highest BCUT2D eigenvalue weighted by Crippen LogP contribution is 2.25. The van der Waals surface area contributed by atoms with Crippen molar-refractivity contribution in [2.75, 3.05) is 21.3 Å². The van der Waals surface area contributed by atoms with E-state index in [1.165, 1.54) is 0 Å². The van der Waals surface area contributed by atoms with Crippen LogP contribution in [0.1, 0.15) is 19.3 Å². The average Bonchev–Trinajstić information content (AvgIpc) is 2.98. The number of hydrogen-bond donors (Lipinski definition) is 4. The number of para-hydroxylation sites is 1. The largest absolute Gasteiger partial charge is 0.355 e. The number of nitrogens with zero attached hydrogens (tertiary/aromatic N) is 2. The number of fused-ring (bicyclic) bond motifs is 1. The van der Waals surface area contributed by atoms with Crippen LogP contribution in [0.25, 0.3) is 10.9 Å². The molecule has 8 nitrogen and oxygen atoms in total. The van der Waals surface area contributed by atoms with E-state index < -0.39 is 0 Å². The van der Waals surface area contributed by atoms with Crippen molar-refractivity contribution in [1.82, 2.24) is 0 Å². The molecule has 0 fully saturated rings. The van der Waals surface area contributed by atoms with Gasteiger partial charge in [0.1, 0.15) is 14.1 Å². The number of rotatable bonds is 10. The number of nitrogens with one attached hydrogen (secondary N) is 4. The number of carbonyl (C=O) groups is 2. The molecule has 5 rings (SSSR count). The third-order valence-electron chi connectivity index (χ3n) is 6.73. The van der Waals surface area contributed by atoms with Gasteiger partial charge in [0.15, 0.2) is 18.6 Å². The lowest BCUT2D eigenvalue weighted by molar-refractivity contribution is -0.671. The molecule has 0 atom stereocenters. The van der Waals surface area contributed by atoms with Crippen LogP contribution in [-0.2, 0) is 23.7 Å².